The Kier molecular flexibility index (Phi) is 4.75. The summed E-state index contributed by atoms with van der Waals surface area (Å²) >= 11 is 0. The highest BCUT2D eigenvalue weighted by Crippen LogP contribution is 2.24. The molecule has 0 radical (unpaired) electrons. The van der Waals surface area contributed by atoms with E-state index in [1.807, 2.05) is 4.90 Å². The van der Waals surface area contributed by atoms with Crippen molar-refractivity contribution in [2.24, 2.45) is 0 Å². The minimum atomic E-state index is -0.0130. The summed E-state index contributed by atoms with van der Waals surface area (Å²) in [5.41, 5.74) is 3.92. The predicted octanol–water partition coefficient (Wildman–Crippen LogP) is 2.82. The topological polar surface area (TPSA) is 73.1 Å². The maximum absolute atomic E-state index is 12.3. The van der Waals surface area contributed by atoms with E-state index in [-0.39, 0.29) is 12.5 Å². The summed E-state index contributed by atoms with van der Waals surface area (Å²) in [6.45, 7) is 5.72. The second kappa shape index (κ2) is 7.34. The molecule has 0 aliphatic carbocycles. The van der Waals surface area contributed by atoms with Crippen molar-refractivity contribution in [1.29, 1.82) is 0 Å². The summed E-state index contributed by atoms with van der Waals surface area (Å²) in [4.78, 5) is 22.8. The number of hydrogen-bond acceptors (Lipinski definition) is 5. The summed E-state index contributed by atoms with van der Waals surface area (Å²) in [5, 5.41) is 5.16. The molecule has 1 amide bonds. The van der Waals surface area contributed by atoms with Crippen LogP contribution in [0.3, 0.4) is 0 Å². The van der Waals surface area contributed by atoms with Gasteiger partial charge in [-0.2, -0.15) is 5.10 Å². The van der Waals surface area contributed by atoms with E-state index in [0.29, 0.717) is 16.9 Å². The van der Waals surface area contributed by atoms with E-state index in [2.05, 4.69) is 47.1 Å². The molecular formula is C20H23N5O2. The smallest absolute Gasteiger partial charge is 0.260 e. The van der Waals surface area contributed by atoms with Crippen LogP contribution in [0.1, 0.15) is 30.4 Å². The Morgan fingerprint density at radius 1 is 1.07 bits per heavy atom. The fourth-order valence-corrected chi connectivity index (χ4v) is 3.56. The highest BCUT2D eigenvalue weighted by atomic mass is 16.5. The molecule has 27 heavy (non-hydrogen) atoms. The van der Waals surface area contributed by atoms with Crippen LogP contribution < -0.4 is 4.74 Å². The van der Waals surface area contributed by atoms with Crippen molar-refractivity contribution < 1.29 is 9.53 Å². The second-order valence-electron chi connectivity index (χ2n) is 7.05. The maximum Gasteiger partial charge on any atom is 0.260 e. The number of piperidine rings is 1. The predicted molar refractivity (Wildman–Crippen MR) is 102 cm³/mol. The lowest BCUT2D eigenvalue weighted by molar-refractivity contribution is -0.134. The summed E-state index contributed by atoms with van der Waals surface area (Å²) < 4.78 is 7.51. The van der Waals surface area contributed by atoms with Crippen molar-refractivity contribution in [3.8, 4) is 11.6 Å². The van der Waals surface area contributed by atoms with Crippen LogP contribution >= 0.6 is 0 Å². The van der Waals surface area contributed by atoms with Gasteiger partial charge >= 0.3 is 0 Å². The molecular weight excluding hydrogens is 342 g/mol. The quantitative estimate of drug-likeness (QED) is 0.711. The van der Waals surface area contributed by atoms with Crippen LogP contribution in [0.25, 0.3) is 16.7 Å². The number of likely N-dealkylation sites (tertiary alicyclic amines) is 1. The summed E-state index contributed by atoms with van der Waals surface area (Å²) in [6, 6.07) is 6.23. The second-order valence-corrected chi connectivity index (χ2v) is 7.05. The molecule has 0 unspecified atom stereocenters. The summed E-state index contributed by atoms with van der Waals surface area (Å²) in [6.07, 6.45) is 6.45. The number of rotatable bonds is 4. The Morgan fingerprint density at radius 2 is 1.81 bits per heavy atom. The van der Waals surface area contributed by atoms with Crippen LogP contribution in [-0.2, 0) is 4.79 Å². The van der Waals surface area contributed by atoms with Gasteiger partial charge in [-0.25, -0.2) is 14.6 Å². The molecule has 0 atom stereocenters. The van der Waals surface area contributed by atoms with Crippen LogP contribution in [0.15, 0.2) is 30.7 Å². The van der Waals surface area contributed by atoms with Crippen LogP contribution in [0, 0.1) is 13.8 Å². The third-order valence-corrected chi connectivity index (χ3v) is 4.82. The Labute approximate surface area is 158 Å². The van der Waals surface area contributed by atoms with Gasteiger partial charge in [0, 0.05) is 13.1 Å². The maximum atomic E-state index is 12.3. The number of ether oxygens (including phenoxy) is 1. The lowest BCUT2D eigenvalue weighted by Crippen LogP contribution is -2.38. The Hall–Kier alpha value is -2.96. The van der Waals surface area contributed by atoms with Gasteiger partial charge in [0.25, 0.3) is 5.91 Å². The highest BCUT2D eigenvalue weighted by Gasteiger charge is 2.18. The number of benzene rings is 1. The average Bonchev–Trinajstić information content (AvgIpc) is 3.11. The van der Waals surface area contributed by atoms with Gasteiger partial charge in [0.15, 0.2) is 12.3 Å². The van der Waals surface area contributed by atoms with Crippen molar-refractivity contribution in [1.82, 2.24) is 24.6 Å². The van der Waals surface area contributed by atoms with Crippen LogP contribution in [0.5, 0.6) is 5.88 Å². The average molecular weight is 365 g/mol. The number of amides is 1. The summed E-state index contributed by atoms with van der Waals surface area (Å²) in [7, 11) is 0. The molecule has 1 saturated heterocycles. The minimum absolute atomic E-state index is 0.00293. The van der Waals surface area contributed by atoms with Gasteiger partial charge in [0.05, 0.1) is 11.9 Å². The number of aryl methyl sites for hydroxylation is 2. The molecule has 1 aliphatic heterocycles. The lowest BCUT2D eigenvalue weighted by atomic mass is 10.1. The number of hydrogen-bond donors (Lipinski definition) is 0. The molecule has 7 heteroatoms. The van der Waals surface area contributed by atoms with E-state index in [9.17, 15) is 4.79 Å². The van der Waals surface area contributed by atoms with E-state index in [0.717, 1.165) is 42.7 Å². The van der Waals surface area contributed by atoms with Crippen LogP contribution in [-0.4, -0.2) is 50.3 Å². The normalized spacial score (nSPS) is 14.5. The van der Waals surface area contributed by atoms with Crippen molar-refractivity contribution in [3.63, 3.8) is 0 Å². The molecule has 4 rings (SSSR count). The first kappa shape index (κ1) is 17.5. The van der Waals surface area contributed by atoms with Gasteiger partial charge in [-0.05, 0) is 56.4 Å². The first-order valence-corrected chi connectivity index (χ1v) is 9.30. The van der Waals surface area contributed by atoms with E-state index < -0.39 is 0 Å². The number of aromatic nitrogens is 4. The molecule has 0 bridgehead atoms. The van der Waals surface area contributed by atoms with Gasteiger partial charge in [-0.1, -0.05) is 6.07 Å². The standard InChI is InChI=1S/C20H23N5O2/c1-14-8-15(2)10-16(9-14)25-19-17(11-23-25)20(22-13-21-19)27-12-18(26)24-6-4-3-5-7-24/h8-11,13H,3-7,12H2,1-2H3. The SMILES string of the molecule is Cc1cc(C)cc(-n2ncc3c(OCC(=O)N4CCCCC4)ncnc32)c1. The van der Waals surface area contributed by atoms with Gasteiger partial charge in [0.1, 0.15) is 11.7 Å². The lowest BCUT2D eigenvalue weighted by Gasteiger charge is -2.26. The molecule has 140 valence electrons. The zero-order valence-corrected chi connectivity index (χ0v) is 15.7. The molecule has 2 aromatic heterocycles. The zero-order valence-electron chi connectivity index (χ0n) is 15.7. The molecule has 3 heterocycles. The largest absolute Gasteiger partial charge is 0.467 e. The molecule has 0 N–H and O–H groups in total. The Balaban J connectivity index is 1.58. The molecule has 1 fully saturated rings. The van der Waals surface area contributed by atoms with E-state index in [4.69, 9.17) is 4.74 Å². The number of nitrogens with zero attached hydrogens (tertiary/aromatic N) is 5. The summed E-state index contributed by atoms with van der Waals surface area (Å²) in [5.74, 6) is 0.393. The Bertz CT molecular complexity index is 955. The first-order chi connectivity index (χ1) is 13.1. The zero-order chi connectivity index (χ0) is 18.8. The van der Waals surface area contributed by atoms with E-state index >= 15 is 0 Å². The third kappa shape index (κ3) is 3.63. The molecule has 1 aliphatic rings. The van der Waals surface area contributed by atoms with Crippen molar-refractivity contribution in [2.75, 3.05) is 19.7 Å². The fraction of sp³-hybridized carbons (Fsp3) is 0.400. The highest BCUT2D eigenvalue weighted by molar-refractivity contribution is 5.82. The van der Waals surface area contributed by atoms with Gasteiger partial charge in [-0.15, -0.1) is 0 Å². The molecule has 3 aromatic rings. The van der Waals surface area contributed by atoms with Gasteiger partial charge in [-0.3, -0.25) is 4.79 Å². The monoisotopic (exact) mass is 365 g/mol. The van der Waals surface area contributed by atoms with E-state index in [1.165, 1.54) is 12.7 Å². The molecule has 1 aromatic carbocycles. The van der Waals surface area contributed by atoms with Crippen molar-refractivity contribution in [2.45, 2.75) is 33.1 Å². The first-order valence-electron chi connectivity index (χ1n) is 9.30. The number of carbonyl (C=O) groups excluding carboxylic acids is 1. The molecule has 0 spiro atoms. The fourth-order valence-electron chi connectivity index (χ4n) is 3.56. The number of fused-ring (bicyclic) bond motifs is 1. The third-order valence-electron chi connectivity index (χ3n) is 4.82. The molecule has 0 saturated carbocycles. The van der Waals surface area contributed by atoms with Crippen LogP contribution in [0.4, 0.5) is 0 Å². The van der Waals surface area contributed by atoms with Gasteiger partial charge in [0.2, 0.25) is 5.88 Å². The van der Waals surface area contributed by atoms with Gasteiger partial charge < -0.3 is 9.64 Å². The van der Waals surface area contributed by atoms with Crippen molar-refractivity contribution >= 4 is 16.9 Å². The van der Waals surface area contributed by atoms with E-state index in [1.54, 1.807) is 10.9 Å². The van der Waals surface area contributed by atoms with Crippen LogP contribution in [0.2, 0.25) is 0 Å². The van der Waals surface area contributed by atoms with Crippen molar-refractivity contribution in [3.05, 3.63) is 41.9 Å². The Morgan fingerprint density at radius 3 is 2.56 bits per heavy atom. The number of carbonyl (C=O) groups is 1. The minimum Gasteiger partial charge on any atom is -0.467 e. The molecule has 7 nitrogen and oxygen atoms in total.